The molecule has 112 valence electrons. The Bertz CT molecular complexity index is 334. The third kappa shape index (κ3) is 2.47. The van der Waals surface area contributed by atoms with Gasteiger partial charge in [0, 0.05) is 6.61 Å². The van der Waals surface area contributed by atoms with E-state index in [0.29, 0.717) is 17.3 Å². The van der Waals surface area contributed by atoms with Gasteiger partial charge >= 0.3 is 0 Å². The van der Waals surface area contributed by atoms with Gasteiger partial charge in [-0.1, -0.05) is 27.7 Å². The fraction of sp³-hybridized carbons (Fsp3) is 1.00. The quantitative estimate of drug-likeness (QED) is 0.803. The number of hydrogen-bond acceptors (Lipinski definition) is 2. The number of aliphatic hydroxyl groups is 2. The first-order chi connectivity index (χ1) is 8.63. The van der Waals surface area contributed by atoms with Crippen LogP contribution in [0.25, 0.3) is 0 Å². The Labute approximate surface area is 118 Å². The van der Waals surface area contributed by atoms with Crippen LogP contribution >= 0.6 is 0 Å². The van der Waals surface area contributed by atoms with Crippen LogP contribution in [-0.2, 0) is 0 Å². The minimum Gasteiger partial charge on any atom is -0.396 e. The van der Waals surface area contributed by atoms with Crippen LogP contribution in [0.3, 0.4) is 0 Å². The highest BCUT2D eigenvalue weighted by atomic mass is 16.3. The summed E-state index contributed by atoms with van der Waals surface area (Å²) in [5, 5.41) is 20.3. The first-order valence-electron chi connectivity index (χ1n) is 7.97. The summed E-state index contributed by atoms with van der Waals surface area (Å²) in [5.74, 6) is 1.62. The Morgan fingerprint density at radius 3 is 2.32 bits per heavy atom. The van der Waals surface area contributed by atoms with E-state index in [1.165, 1.54) is 12.8 Å². The molecule has 0 saturated heterocycles. The second-order valence-corrected chi connectivity index (χ2v) is 8.52. The van der Waals surface area contributed by atoms with Crippen molar-refractivity contribution in [3.05, 3.63) is 0 Å². The minimum absolute atomic E-state index is 0.172. The molecule has 2 nitrogen and oxygen atoms in total. The van der Waals surface area contributed by atoms with Crippen molar-refractivity contribution in [2.75, 3.05) is 6.61 Å². The minimum atomic E-state index is -0.610. The van der Waals surface area contributed by atoms with Crippen LogP contribution in [0.1, 0.15) is 66.7 Å². The van der Waals surface area contributed by atoms with E-state index in [-0.39, 0.29) is 17.9 Å². The highest BCUT2D eigenvalue weighted by Crippen LogP contribution is 2.63. The third-order valence-corrected chi connectivity index (χ3v) is 6.31. The van der Waals surface area contributed by atoms with Crippen molar-refractivity contribution in [3.63, 3.8) is 0 Å². The molecular formula is C17H32O2. The monoisotopic (exact) mass is 268 g/mol. The lowest BCUT2D eigenvalue weighted by atomic mass is 9.44. The SMILES string of the molecule is CC1CC(C)(C)C2CC[C@@](C)(O)C(CCO)C2(C)C1. The molecule has 2 fully saturated rings. The molecule has 4 unspecified atom stereocenters. The largest absolute Gasteiger partial charge is 0.396 e. The van der Waals surface area contributed by atoms with Crippen molar-refractivity contribution >= 4 is 0 Å². The van der Waals surface area contributed by atoms with Gasteiger partial charge < -0.3 is 10.2 Å². The molecule has 0 heterocycles. The molecule has 2 aliphatic rings. The van der Waals surface area contributed by atoms with Gasteiger partial charge in [0.05, 0.1) is 5.60 Å². The molecular weight excluding hydrogens is 236 g/mol. The van der Waals surface area contributed by atoms with Crippen molar-refractivity contribution in [2.24, 2.45) is 28.6 Å². The van der Waals surface area contributed by atoms with Gasteiger partial charge in [-0.15, -0.1) is 0 Å². The molecule has 2 N–H and O–H groups in total. The summed E-state index contributed by atoms with van der Waals surface area (Å²) >= 11 is 0. The third-order valence-electron chi connectivity index (χ3n) is 6.31. The lowest BCUT2D eigenvalue weighted by molar-refractivity contribution is -0.180. The maximum Gasteiger partial charge on any atom is 0.0654 e. The van der Waals surface area contributed by atoms with E-state index in [4.69, 9.17) is 0 Å². The van der Waals surface area contributed by atoms with Gasteiger partial charge in [-0.3, -0.25) is 0 Å². The predicted octanol–water partition coefficient (Wildman–Crippen LogP) is 3.61. The number of aliphatic hydroxyl groups excluding tert-OH is 1. The average molecular weight is 268 g/mol. The molecule has 2 saturated carbocycles. The Morgan fingerprint density at radius 1 is 1.11 bits per heavy atom. The van der Waals surface area contributed by atoms with Gasteiger partial charge in [-0.25, -0.2) is 0 Å². The average Bonchev–Trinajstić information content (AvgIpc) is 2.20. The van der Waals surface area contributed by atoms with E-state index in [2.05, 4.69) is 27.7 Å². The van der Waals surface area contributed by atoms with E-state index in [1.54, 1.807) is 0 Å². The van der Waals surface area contributed by atoms with Crippen molar-refractivity contribution in [3.8, 4) is 0 Å². The lowest BCUT2D eigenvalue weighted by Crippen LogP contribution is -2.58. The summed E-state index contributed by atoms with van der Waals surface area (Å²) in [6, 6.07) is 0. The Kier molecular flexibility index (Phi) is 3.81. The second kappa shape index (κ2) is 4.73. The summed E-state index contributed by atoms with van der Waals surface area (Å²) in [7, 11) is 0. The molecule has 0 bridgehead atoms. The van der Waals surface area contributed by atoms with Crippen LogP contribution in [0, 0.1) is 28.6 Å². The molecule has 2 aliphatic carbocycles. The molecule has 19 heavy (non-hydrogen) atoms. The zero-order chi connectivity index (χ0) is 14.5. The smallest absolute Gasteiger partial charge is 0.0654 e. The van der Waals surface area contributed by atoms with Gasteiger partial charge in [0.15, 0.2) is 0 Å². The molecule has 0 radical (unpaired) electrons. The normalized spacial score (nSPS) is 49.7. The van der Waals surface area contributed by atoms with Gasteiger partial charge in [0.25, 0.3) is 0 Å². The van der Waals surface area contributed by atoms with Crippen molar-refractivity contribution in [1.29, 1.82) is 0 Å². The molecule has 0 aromatic carbocycles. The molecule has 0 aromatic heterocycles. The van der Waals surface area contributed by atoms with Gasteiger partial charge in [-0.05, 0) is 67.6 Å². The fourth-order valence-corrected chi connectivity index (χ4v) is 6.09. The van der Waals surface area contributed by atoms with E-state index in [0.717, 1.165) is 19.3 Å². The Balaban J connectivity index is 2.39. The molecule has 2 rings (SSSR count). The molecule has 0 aromatic rings. The number of fused-ring (bicyclic) bond motifs is 1. The Hall–Kier alpha value is -0.0800. The van der Waals surface area contributed by atoms with Crippen LogP contribution < -0.4 is 0 Å². The van der Waals surface area contributed by atoms with Crippen molar-refractivity contribution in [2.45, 2.75) is 72.3 Å². The maximum absolute atomic E-state index is 10.8. The van der Waals surface area contributed by atoms with E-state index < -0.39 is 5.60 Å². The summed E-state index contributed by atoms with van der Waals surface area (Å²) < 4.78 is 0. The van der Waals surface area contributed by atoms with Crippen LogP contribution in [0.4, 0.5) is 0 Å². The van der Waals surface area contributed by atoms with Gasteiger partial charge in [0.2, 0.25) is 0 Å². The Morgan fingerprint density at radius 2 is 1.74 bits per heavy atom. The van der Waals surface area contributed by atoms with E-state index in [9.17, 15) is 10.2 Å². The standard InChI is InChI=1S/C17H32O2/c1-12-10-15(2,3)13-6-8-17(5,19)14(7-9-18)16(13,4)11-12/h12-14,18-19H,6-11H2,1-5H3/t12?,13?,14?,16?,17-/m1/s1. The lowest BCUT2D eigenvalue weighted by Gasteiger charge is -2.62. The molecule has 2 heteroatoms. The molecule has 0 spiro atoms. The summed E-state index contributed by atoms with van der Waals surface area (Å²) in [4.78, 5) is 0. The van der Waals surface area contributed by atoms with Gasteiger partial charge in [0.1, 0.15) is 0 Å². The van der Waals surface area contributed by atoms with Crippen LogP contribution in [0.15, 0.2) is 0 Å². The van der Waals surface area contributed by atoms with Gasteiger partial charge in [-0.2, -0.15) is 0 Å². The topological polar surface area (TPSA) is 40.5 Å². The zero-order valence-corrected chi connectivity index (χ0v) is 13.4. The van der Waals surface area contributed by atoms with Crippen molar-refractivity contribution in [1.82, 2.24) is 0 Å². The highest BCUT2D eigenvalue weighted by molar-refractivity contribution is 5.08. The highest BCUT2D eigenvalue weighted by Gasteiger charge is 2.58. The summed E-state index contributed by atoms with van der Waals surface area (Å²) in [6.45, 7) is 11.7. The zero-order valence-electron chi connectivity index (χ0n) is 13.4. The van der Waals surface area contributed by atoms with Crippen LogP contribution in [0.5, 0.6) is 0 Å². The van der Waals surface area contributed by atoms with Crippen molar-refractivity contribution < 1.29 is 10.2 Å². The summed E-state index contributed by atoms with van der Waals surface area (Å²) in [5.41, 5.74) is -0.0800. The second-order valence-electron chi connectivity index (χ2n) is 8.52. The summed E-state index contributed by atoms with van der Waals surface area (Å²) in [6.07, 6.45) is 5.24. The first kappa shape index (κ1) is 15.3. The fourth-order valence-electron chi connectivity index (χ4n) is 6.09. The predicted molar refractivity (Wildman–Crippen MR) is 78.8 cm³/mol. The maximum atomic E-state index is 10.8. The number of hydrogen-bond donors (Lipinski definition) is 2. The first-order valence-corrected chi connectivity index (χ1v) is 7.97. The number of rotatable bonds is 2. The van der Waals surface area contributed by atoms with E-state index in [1.807, 2.05) is 6.92 Å². The van der Waals surface area contributed by atoms with Crippen LogP contribution in [0.2, 0.25) is 0 Å². The molecule has 5 atom stereocenters. The molecule has 0 aliphatic heterocycles. The molecule has 0 amide bonds. The van der Waals surface area contributed by atoms with Crippen LogP contribution in [-0.4, -0.2) is 22.4 Å². The van der Waals surface area contributed by atoms with E-state index >= 15 is 0 Å².